The van der Waals surface area contributed by atoms with Crippen molar-refractivity contribution in [3.63, 3.8) is 0 Å². The third kappa shape index (κ3) is 2.24. The summed E-state index contributed by atoms with van der Waals surface area (Å²) in [4.78, 5) is 0. The number of aromatic nitrogens is 1. The SMILES string of the molecule is Cc1cccc(CCc2noc(N)c2C)c1. The summed E-state index contributed by atoms with van der Waals surface area (Å²) in [5, 5.41) is 3.95. The summed E-state index contributed by atoms with van der Waals surface area (Å²) in [6, 6.07) is 8.50. The Balaban J connectivity index is 2.05. The van der Waals surface area contributed by atoms with Gasteiger partial charge in [0.25, 0.3) is 0 Å². The van der Waals surface area contributed by atoms with Crippen LogP contribution in [0.5, 0.6) is 0 Å². The zero-order chi connectivity index (χ0) is 11.5. The molecule has 1 heterocycles. The molecular weight excluding hydrogens is 200 g/mol. The molecule has 0 aliphatic carbocycles. The summed E-state index contributed by atoms with van der Waals surface area (Å²) in [6.45, 7) is 4.04. The Morgan fingerprint density at radius 3 is 2.69 bits per heavy atom. The number of aryl methyl sites for hydroxylation is 3. The van der Waals surface area contributed by atoms with Gasteiger partial charge in [-0.05, 0) is 32.3 Å². The summed E-state index contributed by atoms with van der Waals surface area (Å²) in [6.07, 6.45) is 1.84. The van der Waals surface area contributed by atoms with E-state index < -0.39 is 0 Å². The predicted octanol–water partition coefficient (Wildman–Crippen LogP) is 2.66. The smallest absolute Gasteiger partial charge is 0.225 e. The van der Waals surface area contributed by atoms with E-state index in [4.69, 9.17) is 10.3 Å². The quantitative estimate of drug-likeness (QED) is 0.858. The van der Waals surface area contributed by atoms with Gasteiger partial charge in [0, 0.05) is 5.56 Å². The van der Waals surface area contributed by atoms with E-state index in [-0.39, 0.29) is 0 Å². The molecule has 0 saturated carbocycles. The second kappa shape index (κ2) is 4.39. The molecule has 0 radical (unpaired) electrons. The maximum Gasteiger partial charge on any atom is 0.225 e. The minimum atomic E-state index is 0.430. The lowest BCUT2D eigenvalue weighted by atomic mass is 10.0. The first kappa shape index (κ1) is 10.7. The van der Waals surface area contributed by atoms with Crippen LogP contribution < -0.4 is 5.73 Å². The molecule has 1 aromatic carbocycles. The predicted molar refractivity (Wildman–Crippen MR) is 64.2 cm³/mol. The fraction of sp³-hybridized carbons (Fsp3) is 0.308. The van der Waals surface area contributed by atoms with E-state index in [0.717, 1.165) is 24.1 Å². The highest BCUT2D eigenvalue weighted by molar-refractivity contribution is 5.37. The average molecular weight is 216 g/mol. The van der Waals surface area contributed by atoms with Crippen molar-refractivity contribution in [1.29, 1.82) is 0 Å². The van der Waals surface area contributed by atoms with Gasteiger partial charge in [0.05, 0.1) is 5.69 Å². The topological polar surface area (TPSA) is 52.0 Å². The van der Waals surface area contributed by atoms with Gasteiger partial charge in [-0.2, -0.15) is 0 Å². The van der Waals surface area contributed by atoms with Crippen molar-refractivity contribution in [1.82, 2.24) is 5.16 Å². The maximum atomic E-state index is 5.60. The van der Waals surface area contributed by atoms with E-state index in [1.165, 1.54) is 11.1 Å². The fourth-order valence-corrected chi connectivity index (χ4v) is 1.75. The van der Waals surface area contributed by atoms with E-state index in [1.54, 1.807) is 0 Å². The number of benzene rings is 1. The normalized spacial score (nSPS) is 10.6. The number of anilines is 1. The lowest BCUT2D eigenvalue weighted by Crippen LogP contribution is -1.94. The number of rotatable bonds is 3. The molecule has 3 nitrogen and oxygen atoms in total. The van der Waals surface area contributed by atoms with Crippen LogP contribution in [0.1, 0.15) is 22.4 Å². The number of nitrogens with two attached hydrogens (primary N) is 1. The monoisotopic (exact) mass is 216 g/mol. The molecule has 0 aliphatic rings. The van der Waals surface area contributed by atoms with Crippen molar-refractivity contribution >= 4 is 5.88 Å². The Kier molecular flexibility index (Phi) is 2.95. The molecule has 0 unspecified atom stereocenters. The molecule has 0 aliphatic heterocycles. The van der Waals surface area contributed by atoms with Gasteiger partial charge in [-0.3, -0.25) is 0 Å². The summed E-state index contributed by atoms with van der Waals surface area (Å²) in [5.74, 6) is 0.430. The first-order chi connectivity index (χ1) is 7.66. The highest BCUT2D eigenvalue weighted by Gasteiger charge is 2.08. The van der Waals surface area contributed by atoms with Crippen molar-refractivity contribution < 1.29 is 4.52 Å². The van der Waals surface area contributed by atoms with Crippen LogP contribution in [0, 0.1) is 13.8 Å². The molecule has 0 fully saturated rings. The zero-order valence-corrected chi connectivity index (χ0v) is 9.66. The highest BCUT2D eigenvalue weighted by atomic mass is 16.5. The van der Waals surface area contributed by atoms with Crippen LogP contribution in [0.25, 0.3) is 0 Å². The van der Waals surface area contributed by atoms with Gasteiger partial charge in [-0.1, -0.05) is 35.0 Å². The molecule has 1 aromatic heterocycles. The second-order valence-electron chi connectivity index (χ2n) is 4.11. The molecule has 0 atom stereocenters. The van der Waals surface area contributed by atoms with Gasteiger partial charge < -0.3 is 10.3 Å². The summed E-state index contributed by atoms with van der Waals surface area (Å²) in [7, 11) is 0. The Morgan fingerprint density at radius 2 is 2.06 bits per heavy atom. The molecule has 0 bridgehead atoms. The number of nitrogen functional groups attached to an aromatic ring is 1. The minimum absolute atomic E-state index is 0.430. The molecule has 0 amide bonds. The molecule has 3 heteroatoms. The van der Waals surface area contributed by atoms with Gasteiger partial charge in [0.15, 0.2) is 0 Å². The van der Waals surface area contributed by atoms with Gasteiger partial charge in [0.2, 0.25) is 5.88 Å². The van der Waals surface area contributed by atoms with Gasteiger partial charge in [-0.25, -0.2) is 0 Å². The van der Waals surface area contributed by atoms with Crippen LogP contribution in [0.4, 0.5) is 5.88 Å². The third-order valence-electron chi connectivity index (χ3n) is 2.79. The second-order valence-corrected chi connectivity index (χ2v) is 4.11. The van der Waals surface area contributed by atoms with Crippen LogP contribution in [0.15, 0.2) is 28.8 Å². The summed E-state index contributed by atoms with van der Waals surface area (Å²) < 4.78 is 4.94. The van der Waals surface area contributed by atoms with Crippen molar-refractivity contribution in [2.45, 2.75) is 26.7 Å². The molecular formula is C13H16N2O. The molecule has 2 rings (SSSR count). The van der Waals surface area contributed by atoms with Gasteiger partial charge >= 0.3 is 0 Å². The van der Waals surface area contributed by atoms with Crippen LogP contribution in [-0.4, -0.2) is 5.16 Å². The van der Waals surface area contributed by atoms with E-state index in [2.05, 4.69) is 36.3 Å². The van der Waals surface area contributed by atoms with E-state index in [1.807, 2.05) is 6.92 Å². The Bertz CT molecular complexity index is 488. The lowest BCUT2D eigenvalue weighted by Gasteiger charge is -2.01. The van der Waals surface area contributed by atoms with E-state index in [9.17, 15) is 0 Å². The molecule has 2 N–H and O–H groups in total. The zero-order valence-electron chi connectivity index (χ0n) is 9.66. The van der Waals surface area contributed by atoms with Crippen molar-refractivity contribution in [2.75, 3.05) is 5.73 Å². The molecule has 0 spiro atoms. The van der Waals surface area contributed by atoms with E-state index in [0.29, 0.717) is 5.88 Å². The third-order valence-corrected chi connectivity index (χ3v) is 2.79. The lowest BCUT2D eigenvalue weighted by molar-refractivity contribution is 0.427. The number of hydrogen-bond acceptors (Lipinski definition) is 3. The van der Waals surface area contributed by atoms with Crippen LogP contribution in [-0.2, 0) is 12.8 Å². The van der Waals surface area contributed by atoms with E-state index >= 15 is 0 Å². The minimum Gasteiger partial charge on any atom is -0.367 e. The standard InChI is InChI=1S/C13H16N2O/c1-9-4-3-5-11(8-9)6-7-12-10(2)13(14)16-15-12/h3-5,8H,6-7,14H2,1-2H3. The number of hydrogen-bond donors (Lipinski definition) is 1. The van der Waals surface area contributed by atoms with Crippen LogP contribution in [0.2, 0.25) is 0 Å². The van der Waals surface area contributed by atoms with Gasteiger partial charge in [0.1, 0.15) is 0 Å². The highest BCUT2D eigenvalue weighted by Crippen LogP contribution is 2.16. The molecule has 84 valence electrons. The van der Waals surface area contributed by atoms with Crippen LogP contribution >= 0.6 is 0 Å². The Hall–Kier alpha value is -1.77. The maximum absolute atomic E-state index is 5.60. The summed E-state index contributed by atoms with van der Waals surface area (Å²) in [5.41, 5.74) is 10.1. The molecule has 16 heavy (non-hydrogen) atoms. The van der Waals surface area contributed by atoms with Crippen molar-refractivity contribution in [2.24, 2.45) is 0 Å². The first-order valence-electron chi connectivity index (χ1n) is 5.43. The average Bonchev–Trinajstić information content (AvgIpc) is 2.57. The number of nitrogens with zero attached hydrogens (tertiary/aromatic N) is 1. The molecule has 2 aromatic rings. The fourth-order valence-electron chi connectivity index (χ4n) is 1.75. The van der Waals surface area contributed by atoms with Crippen molar-refractivity contribution in [3.05, 3.63) is 46.6 Å². The summed E-state index contributed by atoms with van der Waals surface area (Å²) >= 11 is 0. The molecule has 0 saturated heterocycles. The van der Waals surface area contributed by atoms with Gasteiger partial charge in [-0.15, -0.1) is 0 Å². The van der Waals surface area contributed by atoms with Crippen molar-refractivity contribution in [3.8, 4) is 0 Å². The van der Waals surface area contributed by atoms with Crippen LogP contribution in [0.3, 0.4) is 0 Å². The Morgan fingerprint density at radius 1 is 1.25 bits per heavy atom. The Labute approximate surface area is 95.3 Å². The first-order valence-corrected chi connectivity index (χ1v) is 5.43. The largest absolute Gasteiger partial charge is 0.367 e.